The normalized spacial score (nSPS) is 11.5. The zero-order valence-electron chi connectivity index (χ0n) is 16.1. The minimum atomic E-state index is -0.788. The van der Waals surface area contributed by atoms with Crippen LogP contribution in [0.15, 0.2) is 54.6 Å². The van der Waals surface area contributed by atoms with Gasteiger partial charge in [0.2, 0.25) is 0 Å². The molecule has 0 radical (unpaired) electrons. The molecular formula is C21H24N2O5. The molecule has 0 unspecified atom stereocenters. The highest BCUT2D eigenvalue weighted by molar-refractivity contribution is 5.93. The van der Waals surface area contributed by atoms with Crippen molar-refractivity contribution in [2.75, 3.05) is 13.7 Å². The number of ether oxygens (including phenoxy) is 3. The molecule has 0 aromatic heterocycles. The van der Waals surface area contributed by atoms with Gasteiger partial charge in [0, 0.05) is 6.08 Å². The van der Waals surface area contributed by atoms with Crippen LogP contribution >= 0.6 is 0 Å². The average Bonchev–Trinajstić information content (AvgIpc) is 2.72. The smallest absolute Gasteiger partial charge is 0.279 e. The van der Waals surface area contributed by atoms with Gasteiger partial charge in [-0.15, -0.1) is 0 Å². The van der Waals surface area contributed by atoms with Crippen molar-refractivity contribution in [1.29, 1.82) is 0 Å². The number of hydrogen-bond acceptors (Lipinski definition) is 5. The molecule has 2 N–H and O–H groups in total. The molecule has 0 saturated heterocycles. The van der Waals surface area contributed by atoms with Gasteiger partial charge < -0.3 is 14.2 Å². The second-order valence-electron chi connectivity index (χ2n) is 5.75. The van der Waals surface area contributed by atoms with Crippen molar-refractivity contribution in [2.45, 2.75) is 20.0 Å². The predicted octanol–water partition coefficient (Wildman–Crippen LogP) is 2.72. The van der Waals surface area contributed by atoms with E-state index in [2.05, 4.69) is 10.9 Å². The van der Waals surface area contributed by atoms with Gasteiger partial charge in [-0.3, -0.25) is 20.4 Å². The molecule has 148 valence electrons. The maximum absolute atomic E-state index is 12.1. The number of carbonyl (C=O) groups excluding carboxylic acids is 2. The Morgan fingerprint density at radius 3 is 2.18 bits per heavy atom. The average molecular weight is 384 g/mol. The van der Waals surface area contributed by atoms with Crippen LogP contribution in [0.25, 0.3) is 6.08 Å². The Kier molecular flexibility index (Phi) is 7.90. The Morgan fingerprint density at radius 2 is 1.57 bits per heavy atom. The maximum Gasteiger partial charge on any atom is 0.279 e. The third kappa shape index (κ3) is 6.68. The summed E-state index contributed by atoms with van der Waals surface area (Å²) in [6.07, 6.45) is 2.16. The molecule has 0 aliphatic heterocycles. The first-order valence-electron chi connectivity index (χ1n) is 8.83. The van der Waals surface area contributed by atoms with Gasteiger partial charge in [-0.2, -0.15) is 0 Å². The summed E-state index contributed by atoms with van der Waals surface area (Å²) in [6.45, 7) is 4.06. The summed E-state index contributed by atoms with van der Waals surface area (Å²) < 4.78 is 16.0. The summed E-state index contributed by atoms with van der Waals surface area (Å²) in [5.74, 6) is 1.05. The van der Waals surface area contributed by atoms with E-state index in [4.69, 9.17) is 14.2 Å². The zero-order valence-corrected chi connectivity index (χ0v) is 16.1. The Hall–Kier alpha value is -3.48. The molecule has 0 aliphatic rings. The third-order valence-electron chi connectivity index (χ3n) is 3.67. The maximum atomic E-state index is 12.1. The Morgan fingerprint density at radius 1 is 0.964 bits per heavy atom. The first-order valence-corrected chi connectivity index (χ1v) is 8.83. The van der Waals surface area contributed by atoms with Gasteiger partial charge in [-0.25, -0.2) is 0 Å². The van der Waals surface area contributed by atoms with Crippen LogP contribution in [0.3, 0.4) is 0 Å². The number of hydrazine groups is 1. The fourth-order valence-corrected chi connectivity index (χ4v) is 2.19. The van der Waals surface area contributed by atoms with Crippen molar-refractivity contribution in [2.24, 2.45) is 0 Å². The molecule has 2 rings (SSSR count). The zero-order chi connectivity index (χ0) is 20.4. The van der Waals surface area contributed by atoms with E-state index in [0.29, 0.717) is 12.4 Å². The van der Waals surface area contributed by atoms with E-state index in [1.54, 1.807) is 56.5 Å². The van der Waals surface area contributed by atoms with E-state index in [1.807, 2.05) is 19.1 Å². The molecule has 0 saturated carbocycles. The number of carbonyl (C=O) groups is 2. The lowest BCUT2D eigenvalue weighted by Crippen LogP contribution is -2.46. The van der Waals surface area contributed by atoms with Crippen molar-refractivity contribution in [3.05, 3.63) is 60.2 Å². The van der Waals surface area contributed by atoms with Crippen molar-refractivity contribution in [1.82, 2.24) is 10.9 Å². The summed E-state index contributed by atoms with van der Waals surface area (Å²) in [6, 6.07) is 14.2. The lowest BCUT2D eigenvalue weighted by Gasteiger charge is -2.15. The number of amides is 2. The van der Waals surface area contributed by atoms with E-state index in [0.717, 1.165) is 17.1 Å². The number of hydrogen-bond donors (Lipinski definition) is 2. The van der Waals surface area contributed by atoms with E-state index < -0.39 is 17.9 Å². The molecule has 7 nitrogen and oxygen atoms in total. The van der Waals surface area contributed by atoms with Crippen LogP contribution < -0.4 is 25.1 Å². The molecule has 0 spiro atoms. The molecule has 28 heavy (non-hydrogen) atoms. The van der Waals surface area contributed by atoms with Gasteiger partial charge in [-0.1, -0.05) is 12.1 Å². The quantitative estimate of drug-likeness (QED) is 0.540. The molecule has 0 aliphatic carbocycles. The molecular weight excluding hydrogens is 360 g/mol. The monoisotopic (exact) mass is 384 g/mol. The van der Waals surface area contributed by atoms with Crippen LogP contribution in [0.1, 0.15) is 19.4 Å². The molecule has 0 heterocycles. The Balaban J connectivity index is 1.78. The summed E-state index contributed by atoms with van der Waals surface area (Å²) >= 11 is 0. The number of rotatable bonds is 8. The predicted molar refractivity (Wildman–Crippen MR) is 106 cm³/mol. The van der Waals surface area contributed by atoms with Crippen molar-refractivity contribution in [3.8, 4) is 17.2 Å². The first kappa shape index (κ1) is 20.8. The Bertz CT molecular complexity index is 801. The lowest BCUT2D eigenvalue weighted by atomic mass is 10.2. The summed E-state index contributed by atoms with van der Waals surface area (Å²) in [7, 11) is 1.58. The topological polar surface area (TPSA) is 85.9 Å². The van der Waals surface area contributed by atoms with E-state index >= 15 is 0 Å². The van der Waals surface area contributed by atoms with Crippen molar-refractivity contribution in [3.63, 3.8) is 0 Å². The standard InChI is InChI=1S/C21H24N2O5/c1-4-27-18-10-12-19(13-11-18)28-15(2)21(25)23-22-20(24)14-7-16-5-8-17(26-3)9-6-16/h5-15H,4H2,1-3H3,(H,22,24)(H,23,25)/b14-7+/t15-/m1/s1. The van der Waals surface area contributed by atoms with Gasteiger partial charge >= 0.3 is 0 Å². The first-order chi connectivity index (χ1) is 13.5. The molecule has 7 heteroatoms. The molecule has 2 aromatic rings. The van der Waals surface area contributed by atoms with Crippen LogP contribution in [-0.4, -0.2) is 31.6 Å². The van der Waals surface area contributed by atoms with Crippen LogP contribution in [0, 0.1) is 0 Å². The van der Waals surface area contributed by atoms with Crippen LogP contribution in [-0.2, 0) is 9.59 Å². The SMILES string of the molecule is CCOc1ccc(O[C@H](C)C(=O)NNC(=O)/C=C/c2ccc(OC)cc2)cc1. The number of nitrogens with one attached hydrogen (secondary N) is 2. The van der Waals surface area contributed by atoms with Crippen LogP contribution in [0.5, 0.6) is 17.2 Å². The molecule has 2 amide bonds. The van der Waals surface area contributed by atoms with E-state index in [-0.39, 0.29) is 0 Å². The van der Waals surface area contributed by atoms with E-state index in [9.17, 15) is 9.59 Å². The highest BCUT2D eigenvalue weighted by Crippen LogP contribution is 2.18. The third-order valence-corrected chi connectivity index (χ3v) is 3.67. The molecule has 0 bridgehead atoms. The minimum Gasteiger partial charge on any atom is -0.497 e. The lowest BCUT2D eigenvalue weighted by molar-refractivity contribution is -0.131. The summed E-state index contributed by atoms with van der Waals surface area (Å²) in [4.78, 5) is 23.9. The van der Waals surface area contributed by atoms with Gasteiger partial charge in [0.25, 0.3) is 11.8 Å². The van der Waals surface area contributed by atoms with Crippen LogP contribution in [0.4, 0.5) is 0 Å². The fraction of sp³-hybridized carbons (Fsp3) is 0.238. The second kappa shape index (κ2) is 10.6. The highest BCUT2D eigenvalue weighted by Gasteiger charge is 2.15. The van der Waals surface area contributed by atoms with Gasteiger partial charge in [0.05, 0.1) is 13.7 Å². The van der Waals surface area contributed by atoms with Crippen molar-refractivity contribution < 1.29 is 23.8 Å². The second-order valence-corrected chi connectivity index (χ2v) is 5.75. The number of benzene rings is 2. The fourth-order valence-electron chi connectivity index (χ4n) is 2.19. The largest absolute Gasteiger partial charge is 0.497 e. The van der Waals surface area contributed by atoms with Gasteiger partial charge in [-0.05, 0) is 61.9 Å². The molecule has 0 fully saturated rings. The van der Waals surface area contributed by atoms with E-state index in [1.165, 1.54) is 6.08 Å². The molecule has 1 atom stereocenters. The molecule has 2 aromatic carbocycles. The van der Waals surface area contributed by atoms with Gasteiger partial charge in [0.15, 0.2) is 6.10 Å². The number of methoxy groups -OCH3 is 1. The Labute approximate surface area is 164 Å². The van der Waals surface area contributed by atoms with Crippen LogP contribution in [0.2, 0.25) is 0 Å². The minimum absolute atomic E-state index is 0.461. The summed E-state index contributed by atoms with van der Waals surface area (Å²) in [5.41, 5.74) is 5.48. The highest BCUT2D eigenvalue weighted by atomic mass is 16.5. The summed E-state index contributed by atoms with van der Waals surface area (Å²) in [5, 5.41) is 0. The van der Waals surface area contributed by atoms with Gasteiger partial charge in [0.1, 0.15) is 17.2 Å². The van der Waals surface area contributed by atoms with Crippen molar-refractivity contribution >= 4 is 17.9 Å².